The van der Waals surface area contributed by atoms with Crippen LogP contribution >= 0.6 is 0 Å². The molecule has 0 heterocycles. The number of likely N-dealkylation sites (N-methyl/N-ethyl adjacent to an activating group) is 1. The van der Waals surface area contributed by atoms with E-state index in [2.05, 4.69) is 10.1 Å². The minimum atomic E-state index is -2.89. The summed E-state index contributed by atoms with van der Waals surface area (Å²) in [7, 11) is 3.20. The van der Waals surface area contributed by atoms with Crippen molar-refractivity contribution >= 4 is 11.6 Å². The van der Waals surface area contributed by atoms with Crippen molar-refractivity contribution in [3.63, 3.8) is 0 Å². The molecule has 0 aliphatic rings. The number of anilines is 1. The van der Waals surface area contributed by atoms with Crippen LogP contribution < -0.4 is 19.7 Å². The third-order valence-electron chi connectivity index (χ3n) is 3.55. The van der Waals surface area contributed by atoms with E-state index in [0.29, 0.717) is 12.2 Å². The number of carbonyl (C=O) groups is 1. The maximum Gasteiger partial charge on any atom is 0.387 e. The smallest absolute Gasteiger partial charge is 0.387 e. The van der Waals surface area contributed by atoms with Crippen molar-refractivity contribution < 1.29 is 32.3 Å². The van der Waals surface area contributed by atoms with Gasteiger partial charge in [-0.25, -0.2) is 4.39 Å². The summed E-state index contributed by atoms with van der Waals surface area (Å²) in [5, 5.41) is 2.67. The van der Waals surface area contributed by atoms with Gasteiger partial charge in [-0.1, -0.05) is 0 Å². The van der Waals surface area contributed by atoms with Gasteiger partial charge >= 0.3 is 6.61 Å². The molecule has 0 aliphatic carbocycles. The molecular formula is C18H20F3N2O3+. The Morgan fingerprint density at radius 2 is 1.88 bits per heavy atom. The summed E-state index contributed by atoms with van der Waals surface area (Å²) in [5.41, 5.74) is 1.21. The van der Waals surface area contributed by atoms with Crippen LogP contribution in [0.4, 0.5) is 18.9 Å². The number of quaternary nitrogens is 1. The lowest BCUT2D eigenvalue weighted by molar-refractivity contribution is -0.885. The Balaban J connectivity index is 1.85. The highest BCUT2D eigenvalue weighted by atomic mass is 19.3. The average Bonchev–Trinajstić information content (AvgIpc) is 2.56. The number of hydrogen-bond donors (Lipinski definition) is 2. The van der Waals surface area contributed by atoms with Crippen LogP contribution in [0.2, 0.25) is 0 Å². The summed E-state index contributed by atoms with van der Waals surface area (Å²) in [4.78, 5) is 12.9. The quantitative estimate of drug-likeness (QED) is 0.749. The number of amides is 1. The monoisotopic (exact) mass is 369 g/mol. The van der Waals surface area contributed by atoms with E-state index in [1.54, 1.807) is 19.2 Å². The molecule has 5 nitrogen and oxygen atoms in total. The molecule has 0 fully saturated rings. The Morgan fingerprint density at radius 1 is 1.19 bits per heavy atom. The highest BCUT2D eigenvalue weighted by Gasteiger charge is 2.13. The largest absolute Gasteiger partial charge is 0.494 e. The Kier molecular flexibility index (Phi) is 6.85. The van der Waals surface area contributed by atoms with Gasteiger partial charge in [0, 0.05) is 11.3 Å². The molecule has 26 heavy (non-hydrogen) atoms. The standard InChI is InChI=1S/C18H19F3N2O3/c1-23(10-12-3-8-16(25-2)15(19)9-12)11-17(24)22-13-4-6-14(7-5-13)26-18(20)21/h3-9,18H,10-11H2,1-2H3,(H,22,24)/p+1. The fraction of sp³-hybridized carbons (Fsp3) is 0.278. The summed E-state index contributed by atoms with van der Waals surface area (Å²) in [6.45, 7) is -2.28. The Bertz CT molecular complexity index is 739. The summed E-state index contributed by atoms with van der Waals surface area (Å²) in [6, 6.07) is 10.3. The molecule has 1 amide bonds. The van der Waals surface area contributed by atoms with E-state index < -0.39 is 12.4 Å². The SMILES string of the molecule is COc1ccc(C[NH+](C)CC(=O)Nc2ccc(OC(F)F)cc2)cc1F. The van der Waals surface area contributed by atoms with Crippen LogP contribution in [0.25, 0.3) is 0 Å². The van der Waals surface area contributed by atoms with Gasteiger partial charge in [-0.15, -0.1) is 0 Å². The second-order valence-electron chi connectivity index (χ2n) is 5.73. The van der Waals surface area contributed by atoms with E-state index in [1.807, 2.05) is 0 Å². The molecule has 2 aromatic rings. The molecule has 140 valence electrons. The average molecular weight is 369 g/mol. The first-order chi connectivity index (χ1) is 12.4. The zero-order chi connectivity index (χ0) is 19.1. The first-order valence-electron chi connectivity index (χ1n) is 7.86. The summed E-state index contributed by atoms with van der Waals surface area (Å²) >= 11 is 0. The highest BCUT2D eigenvalue weighted by molar-refractivity contribution is 5.91. The summed E-state index contributed by atoms with van der Waals surface area (Å²) in [5.74, 6) is -0.516. The molecule has 8 heteroatoms. The third-order valence-corrected chi connectivity index (χ3v) is 3.55. The molecule has 0 saturated heterocycles. The number of ether oxygens (including phenoxy) is 2. The van der Waals surface area contributed by atoms with Gasteiger partial charge in [0.25, 0.3) is 5.91 Å². The number of alkyl halides is 2. The van der Waals surface area contributed by atoms with Crippen molar-refractivity contribution in [3.05, 3.63) is 53.8 Å². The molecule has 0 aliphatic heterocycles. The topological polar surface area (TPSA) is 52.0 Å². The lowest BCUT2D eigenvalue weighted by Gasteiger charge is -2.14. The maximum atomic E-state index is 13.7. The minimum Gasteiger partial charge on any atom is -0.494 e. The molecule has 1 unspecified atom stereocenters. The van der Waals surface area contributed by atoms with Crippen LogP contribution in [0.1, 0.15) is 5.56 Å². The van der Waals surface area contributed by atoms with Crippen LogP contribution in [0.5, 0.6) is 11.5 Å². The predicted octanol–water partition coefficient (Wildman–Crippen LogP) is 2.09. The summed E-state index contributed by atoms with van der Waals surface area (Å²) in [6.07, 6.45) is 0. The van der Waals surface area contributed by atoms with E-state index in [-0.39, 0.29) is 24.0 Å². The van der Waals surface area contributed by atoms with Crippen molar-refractivity contribution in [1.82, 2.24) is 0 Å². The van der Waals surface area contributed by atoms with Gasteiger partial charge in [-0.3, -0.25) is 4.79 Å². The fourth-order valence-corrected chi connectivity index (χ4v) is 2.43. The van der Waals surface area contributed by atoms with Crippen molar-refractivity contribution in [1.29, 1.82) is 0 Å². The number of benzene rings is 2. The zero-order valence-corrected chi connectivity index (χ0v) is 14.4. The van der Waals surface area contributed by atoms with Crippen molar-refractivity contribution in [2.24, 2.45) is 0 Å². The molecule has 0 radical (unpaired) electrons. The first kappa shape index (κ1) is 19.6. The molecule has 0 saturated carbocycles. The van der Waals surface area contributed by atoms with Gasteiger partial charge in [0.15, 0.2) is 18.1 Å². The van der Waals surface area contributed by atoms with Gasteiger partial charge in [0.2, 0.25) is 0 Å². The first-order valence-corrected chi connectivity index (χ1v) is 7.86. The molecule has 2 N–H and O–H groups in total. The number of rotatable bonds is 8. The lowest BCUT2D eigenvalue weighted by atomic mass is 10.2. The van der Waals surface area contributed by atoms with Gasteiger partial charge in [0.05, 0.1) is 14.2 Å². The van der Waals surface area contributed by atoms with E-state index in [1.165, 1.54) is 37.4 Å². The van der Waals surface area contributed by atoms with Crippen LogP contribution in [0.15, 0.2) is 42.5 Å². The van der Waals surface area contributed by atoms with Crippen molar-refractivity contribution in [2.75, 3.05) is 26.0 Å². The van der Waals surface area contributed by atoms with Crippen LogP contribution in [0, 0.1) is 5.82 Å². The van der Waals surface area contributed by atoms with Gasteiger partial charge in [-0.2, -0.15) is 8.78 Å². The summed E-state index contributed by atoms with van der Waals surface area (Å²) < 4.78 is 47.0. The Labute approximate surface area is 149 Å². The zero-order valence-electron chi connectivity index (χ0n) is 14.4. The molecular weight excluding hydrogens is 349 g/mol. The van der Waals surface area contributed by atoms with Crippen LogP contribution in [-0.2, 0) is 11.3 Å². The van der Waals surface area contributed by atoms with Gasteiger partial charge < -0.3 is 19.7 Å². The van der Waals surface area contributed by atoms with Crippen molar-refractivity contribution in [2.45, 2.75) is 13.2 Å². The molecule has 2 aromatic carbocycles. The van der Waals surface area contributed by atoms with E-state index in [9.17, 15) is 18.0 Å². The molecule has 0 bridgehead atoms. The van der Waals surface area contributed by atoms with E-state index in [0.717, 1.165) is 10.5 Å². The lowest BCUT2D eigenvalue weighted by Crippen LogP contribution is -3.08. The number of carbonyl (C=O) groups excluding carboxylic acids is 1. The second-order valence-corrected chi connectivity index (χ2v) is 5.73. The second kappa shape index (κ2) is 9.10. The third kappa shape index (κ3) is 5.96. The van der Waals surface area contributed by atoms with Crippen molar-refractivity contribution in [3.8, 4) is 11.5 Å². The van der Waals surface area contributed by atoms with Crippen LogP contribution in [0.3, 0.4) is 0 Å². The Morgan fingerprint density at radius 3 is 2.46 bits per heavy atom. The van der Waals surface area contributed by atoms with Crippen LogP contribution in [-0.4, -0.2) is 33.2 Å². The maximum absolute atomic E-state index is 13.7. The number of halogens is 3. The predicted molar refractivity (Wildman–Crippen MR) is 90.1 cm³/mol. The fourth-order valence-electron chi connectivity index (χ4n) is 2.43. The number of methoxy groups -OCH3 is 1. The van der Waals surface area contributed by atoms with Gasteiger partial charge in [-0.05, 0) is 42.5 Å². The highest BCUT2D eigenvalue weighted by Crippen LogP contribution is 2.18. The molecule has 2 rings (SSSR count). The number of hydrogen-bond acceptors (Lipinski definition) is 3. The number of nitrogens with one attached hydrogen (secondary N) is 2. The molecule has 0 aromatic heterocycles. The molecule has 0 spiro atoms. The minimum absolute atomic E-state index is 0.0160. The Hall–Kier alpha value is -2.74. The van der Waals surface area contributed by atoms with Gasteiger partial charge in [0.1, 0.15) is 12.3 Å². The normalized spacial score (nSPS) is 11.9. The molecule has 1 atom stereocenters. The van der Waals surface area contributed by atoms with E-state index >= 15 is 0 Å². The van der Waals surface area contributed by atoms with E-state index in [4.69, 9.17) is 4.74 Å².